The lowest BCUT2D eigenvalue weighted by molar-refractivity contribution is -0.135. The highest BCUT2D eigenvalue weighted by atomic mass is 16.2. The molecule has 0 N–H and O–H groups in total. The van der Waals surface area contributed by atoms with Crippen LogP contribution in [0.4, 0.5) is 0 Å². The number of carbonyl (C=O) groups excluding carboxylic acids is 1. The molecule has 0 radical (unpaired) electrons. The van der Waals surface area contributed by atoms with Gasteiger partial charge in [-0.3, -0.25) is 4.79 Å². The Labute approximate surface area is 82.3 Å². The number of carbonyl (C=O) groups is 1. The van der Waals surface area contributed by atoms with Crippen molar-refractivity contribution in [1.29, 1.82) is 0 Å². The highest BCUT2D eigenvalue weighted by molar-refractivity contribution is 5.76. The van der Waals surface area contributed by atoms with Gasteiger partial charge >= 0.3 is 0 Å². The number of amides is 1. The number of hydrogen-bond acceptors (Lipinski definition) is 1. The van der Waals surface area contributed by atoms with Crippen LogP contribution in [0.15, 0.2) is 0 Å². The number of rotatable bonds is 4. The second kappa shape index (κ2) is 5.25. The summed E-state index contributed by atoms with van der Waals surface area (Å²) in [6.07, 6.45) is 2.85. The van der Waals surface area contributed by atoms with Gasteiger partial charge in [-0.15, -0.1) is 0 Å². The summed E-state index contributed by atoms with van der Waals surface area (Å²) in [7, 11) is 0. The molecule has 0 spiro atoms. The summed E-state index contributed by atoms with van der Waals surface area (Å²) in [6.45, 7) is 11.2. The molecule has 2 heteroatoms. The van der Waals surface area contributed by atoms with Gasteiger partial charge in [-0.1, -0.05) is 20.3 Å². The number of nitrogens with zero attached hydrogens (tertiary/aromatic N) is 1. The summed E-state index contributed by atoms with van der Waals surface area (Å²) < 4.78 is 0. The summed E-state index contributed by atoms with van der Waals surface area (Å²) in [6, 6.07) is 0. The van der Waals surface area contributed by atoms with E-state index in [9.17, 15) is 4.79 Å². The van der Waals surface area contributed by atoms with Crippen LogP contribution in [0.5, 0.6) is 0 Å². The fourth-order valence-corrected chi connectivity index (χ4v) is 1.34. The normalized spacial score (nSPS) is 11.5. The molecule has 2 nitrogen and oxygen atoms in total. The molecule has 0 aliphatic heterocycles. The first-order valence-corrected chi connectivity index (χ1v) is 5.24. The predicted octanol–water partition coefficient (Wildman–Crippen LogP) is 2.82. The Morgan fingerprint density at radius 2 is 1.77 bits per heavy atom. The van der Waals surface area contributed by atoms with Crippen molar-refractivity contribution in [3.63, 3.8) is 0 Å². The van der Waals surface area contributed by atoms with Crippen LogP contribution >= 0.6 is 0 Å². The third kappa shape index (κ3) is 4.30. The van der Waals surface area contributed by atoms with Gasteiger partial charge in [-0.05, 0) is 27.2 Å². The molecular weight excluding hydrogens is 162 g/mol. The first kappa shape index (κ1) is 12.5. The highest BCUT2D eigenvalue weighted by Gasteiger charge is 2.23. The summed E-state index contributed by atoms with van der Waals surface area (Å²) >= 11 is 0. The van der Waals surface area contributed by atoms with E-state index >= 15 is 0 Å². The summed E-state index contributed by atoms with van der Waals surface area (Å²) in [5, 5.41) is 0. The Balaban J connectivity index is 4.28. The van der Waals surface area contributed by atoms with Crippen LogP contribution in [0.2, 0.25) is 0 Å². The Hall–Kier alpha value is -0.530. The fraction of sp³-hybridized carbons (Fsp3) is 0.909. The van der Waals surface area contributed by atoms with Crippen molar-refractivity contribution in [1.82, 2.24) is 4.90 Å². The highest BCUT2D eigenvalue weighted by Crippen LogP contribution is 2.15. The lowest BCUT2D eigenvalue weighted by atomic mass is 10.0. The number of unbranched alkanes of at least 4 members (excludes halogenated alkanes) is 1. The molecule has 13 heavy (non-hydrogen) atoms. The third-order valence-electron chi connectivity index (χ3n) is 2.15. The van der Waals surface area contributed by atoms with Crippen molar-refractivity contribution >= 4 is 5.91 Å². The van der Waals surface area contributed by atoms with Gasteiger partial charge in [-0.25, -0.2) is 0 Å². The van der Waals surface area contributed by atoms with E-state index in [0.29, 0.717) is 6.42 Å². The lowest BCUT2D eigenvalue weighted by Gasteiger charge is -2.35. The van der Waals surface area contributed by atoms with Crippen molar-refractivity contribution in [2.75, 3.05) is 6.54 Å². The van der Waals surface area contributed by atoms with Gasteiger partial charge in [0.1, 0.15) is 0 Å². The molecule has 0 heterocycles. The van der Waals surface area contributed by atoms with Gasteiger partial charge in [-0.2, -0.15) is 0 Å². The van der Waals surface area contributed by atoms with E-state index in [0.717, 1.165) is 19.4 Å². The van der Waals surface area contributed by atoms with E-state index in [2.05, 4.69) is 27.7 Å². The molecule has 0 fully saturated rings. The molecule has 0 aromatic heterocycles. The van der Waals surface area contributed by atoms with Crippen molar-refractivity contribution in [3.05, 3.63) is 0 Å². The van der Waals surface area contributed by atoms with Crippen molar-refractivity contribution in [2.45, 2.75) is 59.4 Å². The average Bonchev–Trinajstić information content (AvgIpc) is 2.02. The summed E-state index contributed by atoms with van der Waals surface area (Å²) in [5.74, 6) is 0.265. The zero-order valence-electron chi connectivity index (χ0n) is 9.68. The molecule has 0 aromatic carbocycles. The molecule has 1 amide bonds. The lowest BCUT2D eigenvalue weighted by Crippen LogP contribution is -2.45. The Morgan fingerprint density at radius 1 is 1.23 bits per heavy atom. The van der Waals surface area contributed by atoms with Gasteiger partial charge in [0.2, 0.25) is 5.91 Å². The second-order valence-electron chi connectivity index (χ2n) is 4.42. The van der Waals surface area contributed by atoms with Crippen LogP contribution in [0.1, 0.15) is 53.9 Å². The molecule has 0 aliphatic rings. The zero-order valence-corrected chi connectivity index (χ0v) is 9.68. The Bertz CT molecular complexity index is 158. The standard InChI is InChI=1S/C11H23NO/c1-6-8-9-12(10(13)7-2)11(3,4)5/h6-9H2,1-5H3. The molecule has 0 saturated carbocycles. The largest absolute Gasteiger partial charge is 0.338 e. The van der Waals surface area contributed by atoms with Crippen LogP contribution < -0.4 is 0 Å². The molecule has 0 atom stereocenters. The quantitative estimate of drug-likeness (QED) is 0.659. The van der Waals surface area contributed by atoms with E-state index < -0.39 is 0 Å². The summed E-state index contributed by atoms with van der Waals surface area (Å²) in [5.41, 5.74) is -0.0255. The SMILES string of the molecule is CCCCN(C(=O)CC)C(C)(C)C. The molecule has 0 unspecified atom stereocenters. The van der Waals surface area contributed by atoms with E-state index in [1.807, 2.05) is 11.8 Å². The molecule has 0 aromatic rings. The van der Waals surface area contributed by atoms with Gasteiger partial charge in [0.25, 0.3) is 0 Å². The molecular formula is C11H23NO. The fourth-order valence-electron chi connectivity index (χ4n) is 1.34. The van der Waals surface area contributed by atoms with Gasteiger partial charge in [0.05, 0.1) is 0 Å². The molecule has 0 aliphatic carbocycles. The molecule has 0 bridgehead atoms. The minimum atomic E-state index is -0.0255. The summed E-state index contributed by atoms with van der Waals surface area (Å²) in [4.78, 5) is 13.6. The van der Waals surface area contributed by atoms with Crippen molar-refractivity contribution in [2.24, 2.45) is 0 Å². The Morgan fingerprint density at radius 3 is 2.08 bits per heavy atom. The van der Waals surface area contributed by atoms with E-state index in [-0.39, 0.29) is 11.4 Å². The van der Waals surface area contributed by atoms with Gasteiger partial charge in [0, 0.05) is 18.5 Å². The Kier molecular flexibility index (Phi) is 5.04. The van der Waals surface area contributed by atoms with E-state index in [1.165, 1.54) is 0 Å². The monoisotopic (exact) mass is 185 g/mol. The van der Waals surface area contributed by atoms with Crippen LogP contribution in [0, 0.1) is 0 Å². The minimum Gasteiger partial charge on any atom is -0.338 e. The zero-order chi connectivity index (χ0) is 10.5. The van der Waals surface area contributed by atoms with Gasteiger partial charge < -0.3 is 4.90 Å². The van der Waals surface area contributed by atoms with Crippen molar-refractivity contribution < 1.29 is 4.79 Å². The molecule has 0 rings (SSSR count). The number of hydrogen-bond donors (Lipinski definition) is 0. The van der Waals surface area contributed by atoms with Crippen LogP contribution in [-0.2, 0) is 4.79 Å². The smallest absolute Gasteiger partial charge is 0.222 e. The maximum Gasteiger partial charge on any atom is 0.222 e. The molecule has 78 valence electrons. The second-order valence-corrected chi connectivity index (χ2v) is 4.42. The van der Waals surface area contributed by atoms with Crippen LogP contribution in [0.3, 0.4) is 0 Å². The maximum absolute atomic E-state index is 11.6. The van der Waals surface area contributed by atoms with Crippen LogP contribution in [0.25, 0.3) is 0 Å². The third-order valence-corrected chi connectivity index (χ3v) is 2.15. The van der Waals surface area contributed by atoms with E-state index in [4.69, 9.17) is 0 Å². The van der Waals surface area contributed by atoms with Gasteiger partial charge in [0.15, 0.2) is 0 Å². The molecule has 0 saturated heterocycles. The first-order valence-electron chi connectivity index (χ1n) is 5.24. The average molecular weight is 185 g/mol. The minimum absolute atomic E-state index is 0.0255. The van der Waals surface area contributed by atoms with Crippen molar-refractivity contribution in [3.8, 4) is 0 Å². The van der Waals surface area contributed by atoms with Crippen LogP contribution in [-0.4, -0.2) is 22.9 Å². The first-order chi connectivity index (χ1) is 5.93. The maximum atomic E-state index is 11.6. The topological polar surface area (TPSA) is 20.3 Å². The van der Waals surface area contributed by atoms with E-state index in [1.54, 1.807) is 0 Å². The predicted molar refractivity (Wildman–Crippen MR) is 56.7 cm³/mol.